The van der Waals surface area contributed by atoms with Crippen LogP contribution in [0, 0.1) is 0 Å². The van der Waals surface area contributed by atoms with Crippen LogP contribution in [0.1, 0.15) is 29.3 Å². The molecule has 3 heteroatoms. The van der Waals surface area contributed by atoms with E-state index in [1.165, 1.54) is 17.7 Å². The summed E-state index contributed by atoms with van der Waals surface area (Å²) in [4.78, 5) is 11.2. The number of carboxylic acids is 1. The molecule has 0 aliphatic rings. The molecule has 0 saturated heterocycles. The smallest absolute Gasteiger partial charge is 0.336 e. The number of carbonyl (C=O) groups is 1. The van der Waals surface area contributed by atoms with Gasteiger partial charge >= 0.3 is 5.97 Å². The van der Waals surface area contributed by atoms with Crippen LogP contribution < -0.4 is 0 Å². The highest BCUT2D eigenvalue weighted by molar-refractivity contribution is 7.98. The molecule has 104 valence electrons. The lowest BCUT2D eigenvalue weighted by molar-refractivity contribution is 0.0697. The molecule has 0 aliphatic carbocycles. The van der Waals surface area contributed by atoms with Gasteiger partial charge in [-0.05, 0) is 34.9 Å². The SMILES string of the molecule is CCCSCc1ccc(-c2ccccc2C(=O)O)cc1. The molecular formula is C17H18O2S. The van der Waals surface area contributed by atoms with Crippen molar-refractivity contribution in [3.8, 4) is 11.1 Å². The highest BCUT2D eigenvalue weighted by Crippen LogP contribution is 2.25. The third kappa shape index (κ3) is 3.64. The highest BCUT2D eigenvalue weighted by atomic mass is 32.2. The summed E-state index contributed by atoms with van der Waals surface area (Å²) in [5.74, 6) is 1.29. The lowest BCUT2D eigenvalue weighted by atomic mass is 9.99. The highest BCUT2D eigenvalue weighted by Gasteiger charge is 2.10. The van der Waals surface area contributed by atoms with Crippen LogP contribution in [0.3, 0.4) is 0 Å². The van der Waals surface area contributed by atoms with E-state index in [0.717, 1.165) is 16.9 Å². The second kappa shape index (κ2) is 7.15. The Bertz CT molecular complexity index is 576. The van der Waals surface area contributed by atoms with Crippen molar-refractivity contribution < 1.29 is 9.90 Å². The second-order valence-electron chi connectivity index (χ2n) is 4.60. The molecular weight excluding hydrogens is 268 g/mol. The van der Waals surface area contributed by atoms with Crippen LogP contribution in [0.25, 0.3) is 11.1 Å². The minimum Gasteiger partial charge on any atom is -0.478 e. The van der Waals surface area contributed by atoms with Crippen LogP contribution in [-0.2, 0) is 5.75 Å². The van der Waals surface area contributed by atoms with Crippen molar-refractivity contribution in [1.82, 2.24) is 0 Å². The van der Waals surface area contributed by atoms with Gasteiger partial charge in [0.2, 0.25) is 0 Å². The summed E-state index contributed by atoms with van der Waals surface area (Å²) in [6, 6.07) is 15.3. The summed E-state index contributed by atoms with van der Waals surface area (Å²) >= 11 is 1.92. The first kappa shape index (κ1) is 14.7. The second-order valence-corrected chi connectivity index (χ2v) is 5.71. The largest absolute Gasteiger partial charge is 0.478 e. The lowest BCUT2D eigenvalue weighted by Gasteiger charge is -2.07. The maximum atomic E-state index is 11.2. The van der Waals surface area contributed by atoms with Crippen molar-refractivity contribution in [2.45, 2.75) is 19.1 Å². The molecule has 0 bridgehead atoms. The molecule has 2 nitrogen and oxygen atoms in total. The van der Waals surface area contributed by atoms with Gasteiger partial charge in [0.15, 0.2) is 0 Å². The molecule has 0 fully saturated rings. The fourth-order valence-corrected chi connectivity index (χ4v) is 2.90. The standard InChI is InChI=1S/C17H18O2S/c1-2-11-20-12-13-7-9-14(10-8-13)15-5-3-4-6-16(15)17(18)19/h3-10H,2,11-12H2,1H3,(H,18,19). The maximum Gasteiger partial charge on any atom is 0.336 e. The third-order valence-corrected chi connectivity index (χ3v) is 4.27. The number of hydrogen-bond acceptors (Lipinski definition) is 2. The number of thioether (sulfide) groups is 1. The number of carboxylic acid groups (broad SMARTS) is 1. The van der Waals surface area contributed by atoms with E-state index in [4.69, 9.17) is 0 Å². The molecule has 0 aliphatic heterocycles. The van der Waals surface area contributed by atoms with Gasteiger partial charge in [-0.25, -0.2) is 4.79 Å². The summed E-state index contributed by atoms with van der Waals surface area (Å²) in [5.41, 5.74) is 3.35. The van der Waals surface area contributed by atoms with E-state index in [2.05, 4.69) is 19.1 Å². The fraction of sp³-hybridized carbons (Fsp3) is 0.235. The molecule has 0 unspecified atom stereocenters. The Hall–Kier alpha value is -1.74. The molecule has 0 atom stereocenters. The normalized spacial score (nSPS) is 10.4. The molecule has 2 aromatic rings. The molecule has 0 heterocycles. The third-order valence-electron chi connectivity index (χ3n) is 3.04. The molecule has 1 N–H and O–H groups in total. The van der Waals surface area contributed by atoms with Crippen LogP contribution in [0.5, 0.6) is 0 Å². The zero-order valence-electron chi connectivity index (χ0n) is 11.5. The molecule has 2 rings (SSSR count). The van der Waals surface area contributed by atoms with Crippen LogP contribution in [0.4, 0.5) is 0 Å². The van der Waals surface area contributed by atoms with E-state index in [1.54, 1.807) is 12.1 Å². The fourth-order valence-electron chi connectivity index (χ4n) is 2.04. The first-order chi connectivity index (χ1) is 9.72. The van der Waals surface area contributed by atoms with Gasteiger partial charge in [-0.1, -0.05) is 49.4 Å². The van der Waals surface area contributed by atoms with E-state index < -0.39 is 5.97 Å². The molecule has 0 saturated carbocycles. The Morgan fingerprint density at radius 2 is 1.80 bits per heavy atom. The van der Waals surface area contributed by atoms with E-state index in [1.807, 2.05) is 36.0 Å². The van der Waals surface area contributed by atoms with Crippen LogP contribution >= 0.6 is 11.8 Å². The van der Waals surface area contributed by atoms with Crippen LogP contribution in [0.15, 0.2) is 48.5 Å². The molecule has 20 heavy (non-hydrogen) atoms. The monoisotopic (exact) mass is 286 g/mol. The van der Waals surface area contributed by atoms with Crippen LogP contribution in [0.2, 0.25) is 0 Å². The van der Waals surface area contributed by atoms with Crippen LogP contribution in [-0.4, -0.2) is 16.8 Å². The number of benzene rings is 2. The summed E-state index contributed by atoms with van der Waals surface area (Å²) in [5, 5.41) is 9.22. The number of hydrogen-bond donors (Lipinski definition) is 1. The predicted molar refractivity (Wildman–Crippen MR) is 85.3 cm³/mol. The Balaban J connectivity index is 2.20. The molecule has 0 aromatic heterocycles. The van der Waals surface area contributed by atoms with Crippen molar-refractivity contribution in [2.24, 2.45) is 0 Å². The van der Waals surface area contributed by atoms with Gasteiger partial charge in [0, 0.05) is 5.75 Å². The minimum absolute atomic E-state index is 0.348. The Morgan fingerprint density at radius 1 is 1.10 bits per heavy atom. The van der Waals surface area contributed by atoms with Gasteiger partial charge in [-0.2, -0.15) is 11.8 Å². The topological polar surface area (TPSA) is 37.3 Å². The Morgan fingerprint density at radius 3 is 2.45 bits per heavy atom. The van der Waals surface area contributed by atoms with Gasteiger partial charge in [-0.15, -0.1) is 0 Å². The minimum atomic E-state index is -0.886. The summed E-state index contributed by atoms with van der Waals surface area (Å²) in [7, 11) is 0. The predicted octanol–water partition coefficient (Wildman–Crippen LogP) is 4.70. The first-order valence-electron chi connectivity index (χ1n) is 6.71. The van der Waals surface area contributed by atoms with Gasteiger partial charge in [0.25, 0.3) is 0 Å². The van der Waals surface area contributed by atoms with Gasteiger partial charge < -0.3 is 5.11 Å². The quantitative estimate of drug-likeness (QED) is 0.782. The Kier molecular flexibility index (Phi) is 5.24. The van der Waals surface area contributed by atoms with E-state index >= 15 is 0 Å². The first-order valence-corrected chi connectivity index (χ1v) is 7.87. The molecule has 2 aromatic carbocycles. The molecule has 0 amide bonds. The average molecular weight is 286 g/mol. The van der Waals surface area contributed by atoms with Crippen molar-refractivity contribution >= 4 is 17.7 Å². The molecule has 0 spiro atoms. The van der Waals surface area contributed by atoms with E-state index in [0.29, 0.717) is 5.56 Å². The zero-order chi connectivity index (χ0) is 14.4. The lowest BCUT2D eigenvalue weighted by Crippen LogP contribution is -1.98. The van der Waals surface area contributed by atoms with Crippen molar-refractivity contribution in [2.75, 3.05) is 5.75 Å². The number of rotatable bonds is 6. The summed E-state index contributed by atoms with van der Waals surface area (Å²) in [6.07, 6.45) is 1.19. The van der Waals surface area contributed by atoms with Crippen molar-refractivity contribution in [3.05, 3.63) is 59.7 Å². The van der Waals surface area contributed by atoms with Crippen molar-refractivity contribution in [1.29, 1.82) is 0 Å². The number of aromatic carboxylic acids is 1. The van der Waals surface area contributed by atoms with Crippen molar-refractivity contribution in [3.63, 3.8) is 0 Å². The summed E-state index contributed by atoms with van der Waals surface area (Å²) in [6.45, 7) is 2.18. The van der Waals surface area contributed by atoms with E-state index in [9.17, 15) is 9.90 Å². The zero-order valence-corrected chi connectivity index (χ0v) is 12.3. The molecule has 0 radical (unpaired) electrons. The van der Waals surface area contributed by atoms with Gasteiger partial charge in [0.05, 0.1) is 5.56 Å². The van der Waals surface area contributed by atoms with Gasteiger partial charge in [-0.3, -0.25) is 0 Å². The van der Waals surface area contributed by atoms with Gasteiger partial charge in [0.1, 0.15) is 0 Å². The maximum absolute atomic E-state index is 11.2. The average Bonchev–Trinajstić information content (AvgIpc) is 2.48. The summed E-state index contributed by atoms with van der Waals surface area (Å²) < 4.78 is 0. The Labute approximate surface area is 123 Å². The van der Waals surface area contributed by atoms with E-state index in [-0.39, 0.29) is 0 Å².